The molecular formula is C35H39F2N5O. The van der Waals surface area contributed by atoms with Gasteiger partial charge in [0.15, 0.2) is 0 Å². The summed E-state index contributed by atoms with van der Waals surface area (Å²) in [7, 11) is 0. The van der Waals surface area contributed by atoms with E-state index >= 15 is 8.78 Å². The Morgan fingerprint density at radius 1 is 1.07 bits per heavy atom. The Hall–Kier alpha value is -4.20. The monoisotopic (exact) mass is 583 g/mol. The molecule has 1 aliphatic rings. The summed E-state index contributed by atoms with van der Waals surface area (Å²) in [5.74, 6) is -2.49. The van der Waals surface area contributed by atoms with Crippen LogP contribution in [0.1, 0.15) is 74.9 Å². The molecule has 2 aromatic carbocycles. The number of carbonyl (C=O) groups excluding carboxylic acids is 1. The van der Waals surface area contributed by atoms with Crippen LogP contribution < -0.4 is 5.73 Å². The Labute approximate surface area is 251 Å². The smallest absolute Gasteiger partial charge is 0.292 e. The number of allylic oxidation sites excluding steroid dienone is 1. The molecule has 2 N–H and O–H groups in total. The summed E-state index contributed by atoms with van der Waals surface area (Å²) < 4.78 is 31.4. The number of alkyl halides is 2. The molecule has 4 aromatic rings. The molecular weight excluding hydrogens is 544 g/mol. The van der Waals surface area contributed by atoms with Crippen LogP contribution in [-0.4, -0.2) is 26.8 Å². The summed E-state index contributed by atoms with van der Waals surface area (Å²) in [5.41, 5.74) is 13.0. The lowest BCUT2D eigenvalue weighted by atomic mass is 9.81. The van der Waals surface area contributed by atoms with Crippen molar-refractivity contribution in [2.24, 2.45) is 22.6 Å². The number of fused-ring (bicyclic) bond motifs is 1. The van der Waals surface area contributed by atoms with Crippen LogP contribution in [0.25, 0.3) is 16.6 Å². The van der Waals surface area contributed by atoms with E-state index in [0.29, 0.717) is 22.5 Å². The minimum absolute atomic E-state index is 0.0498. The highest BCUT2D eigenvalue weighted by Crippen LogP contribution is 2.36. The van der Waals surface area contributed by atoms with Gasteiger partial charge in [-0.2, -0.15) is 13.9 Å². The number of benzene rings is 2. The van der Waals surface area contributed by atoms with Gasteiger partial charge in [-0.05, 0) is 69.2 Å². The summed E-state index contributed by atoms with van der Waals surface area (Å²) in [6.45, 7) is 7.46. The van der Waals surface area contributed by atoms with Gasteiger partial charge in [-0.1, -0.05) is 56.3 Å². The maximum Gasteiger partial charge on any atom is 0.292 e. The fraction of sp³-hybridized carbons (Fsp3) is 0.371. The van der Waals surface area contributed by atoms with Crippen LogP contribution in [0.4, 0.5) is 14.5 Å². The van der Waals surface area contributed by atoms with Gasteiger partial charge >= 0.3 is 0 Å². The number of aldehydes is 1. The van der Waals surface area contributed by atoms with Gasteiger partial charge in [0.2, 0.25) is 0 Å². The Kier molecular flexibility index (Phi) is 8.85. The Morgan fingerprint density at radius 2 is 1.79 bits per heavy atom. The molecule has 2 heterocycles. The quantitative estimate of drug-likeness (QED) is 0.159. The van der Waals surface area contributed by atoms with Gasteiger partial charge in [0.05, 0.1) is 16.9 Å². The highest BCUT2D eigenvalue weighted by molar-refractivity contribution is 6.08. The van der Waals surface area contributed by atoms with Crippen molar-refractivity contribution in [1.82, 2.24) is 14.8 Å². The lowest BCUT2D eigenvalue weighted by Gasteiger charge is -2.25. The fourth-order valence-electron chi connectivity index (χ4n) is 6.16. The Bertz CT molecular complexity index is 1660. The van der Waals surface area contributed by atoms with Gasteiger partial charge in [0.25, 0.3) is 5.92 Å². The second-order valence-corrected chi connectivity index (χ2v) is 11.9. The van der Waals surface area contributed by atoms with Gasteiger partial charge < -0.3 is 10.5 Å². The molecule has 0 spiro atoms. The molecule has 5 rings (SSSR count). The largest absolute Gasteiger partial charge is 0.398 e. The van der Waals surface area contributed by atoms with Crippen molar-refractivity contribution in [3.8, 4) is 0 Å². The van der Waals surface area contributed by atoms with E-state index in [4.69, 9.17) is 15.7 Å². The van der Waals surface area contributed by atoms with Crippen molar-refractivity contribution in [3.05, 3.63) is 94.9 Å². The van der Waals surface area contributed by atoms with Crippen molar-refractivity contribution < 1.29 is 13.6 Å². The Balaban J connectivity index is 1.45. The van der Waals surface area contributed by atoms with Gasteiger partial charge in [0.1, 0.15) is 12.8 Å². The molecule has 8 heteroatoms. The maximum absolute atomic E-state index is 15.0. The highest BCUT2D eigenvalue weighted by atomic mass is 19.3. The summed E-state index contributed by atoms with van der Waals surface area (Å²) in [4.78, 5) is 21.0. The average Bonchev–Trinajstić information content (AvgIpc) is 3.40. The van der Waals surface area contributed by atoms with Gasteiger partial charge in [0, 0.05) is 51.6 Å². The molecule has 1 saturated carbocycles. The standard InChI is InChI=1S/C35H39F2N5O/c1-22(2)33(24(4)40-30-17-18-31(39-23(30)3)26-15-13-25(20-43)14-16-26)34(38)28-11-8-12-32-29(28)19-42(41-32)21-35(36,37)27-9-6-5-7-10-27/h5-12,17-20,22,25-26H,13-16,21,38H2,1-4H3/b34-33-,40-24?. The molecule has 2 aromatic heterocycles. The molecule has 0 unspecified atom stereocenters. The number of carbonyl (C=O) groups is 1. The number of rotatable bonds is 9. The number of hydrogen-bond acceptors (Lipinski definition) is 5. The zero-order valence-electron chi connectivity index (χ0n) is 25.2. The van der Waals surface area contributed by atoms with Crippen LogP contribution in [0.15, 0.2) is 77.4 Å². The molecule has 6 nitrogen and oxygen atoms in total. The van der Waals surface area contributed by atoms with Crippen LogP contribution in [0.2, 0.25) is 0 Å². The van der Waals surface area contributed by atoms with E-state index in [2.05, 4.69) is 18.9 Å². The predicted octanol–water partition coefficient (Wildman–Crippen LogP) is 8.12. The summed E-state index contributed by atoms with van der Waals surface area (Å²) in [6.07, 6.45) is 6.50. The van der Waals surface area contributed by atoms with E-state index in [9.17, 15) is 4.79 Å². The first-order valence-corrected chi connectivity index (χ1v) is 15.0. The highest BCUT2D eigenvalue weighted by Gasteiger charge is 2.32. The van der Waals surface area contributed by atoms with E-state index in [1.807, 2.05) is 38.1 Å². The van der Waals surface area contributed by atoms with E-state index in [1.54, 1.807) is 30.5 Å². The third-order valence-corrected chi connectivity index (χ3v) is 8.45. The number of aryl methyl sites for hydroxylation is 1. The van der Waals surface area contributed by atoms with Crippen molar-refractivity contribution in [1.29, 1.82) is 0 Å². The molecule has 224 valence electrons. The van der Waals surface area contributed by atoms with Gasteiger partial charge in [-0.25, -0.2) is 0 Å². The first kappa shape index (κ1) is 30.3. The summed E-state index contributed by atoms with van der Waals surface area (Å²) in [6, 6.07) is 17.4. The molecule has 0 bridgehead atoms. The van der Waals surface area contributed by atoms with Gasteiger partial charge in [-0.15, -0.1) is 0 Å². The lowest BCUT2D eigenvalue weighted by Crippen LogP contribution is -2.21. The minimum atomic E-state index is -3.08. The summed E-state index contributed by atoms with van der Waals surface area (Å²) >= 11 is 0. The van der Waals surface area contributed by atoms with Crippen LogP contribution >= 0.6 is 0 Å². The Morgan fingerprint density at radius 3 is 2.44 bits per heavy atom. The number of nitrogens with two attached hydrogens (primary N) is 1. The van der Waals surface area contributed by atoms with Crippen LogP contribution in [-0.2, 0) is 17.3 Å². The topological polar surface area (TPSA) is 86.2 Å². The fourth-order valence-corrected chi connectivity index (χ4v) is 6.16. The third kappa shape index (κ3) is 6.58. The predicted molar refractivity (Wildman–Crippen MR) is 169 cm³/mol. The van der Waals surface area contributed by atoms with Gasteiger partial charge in [-0.3, -0.25) is 14.7 Å². The molecule has 0 amide bonds. The SMILES string of the molecule is CC(=Nc1ccc(C2CCC(C=O)CC2)nc1C)/C(=C(\N)c1cccc2nn(CC(F)(F)c3ccccc3)cc12)C(C)C. The molecule has 0 atom stereocenters. The molecule has 43 heavy (non-hydrogen) atoms. The summed E-state index contributed by atoms with van der Waals surface area (Å²) in [5, 5.41) is 5.16. The number of halogens is 2. The van der Waals surface area contributed by atoms with E-state index in [1.165, 1.54) is 16.8 Å². The number of pyridine rings is 1. The minimum Gasteiger partial charge on any atom is -0.398 e. The van der Waals surface area contributed by atoms with Crippen molar-refractivity contribution >= 4 is 34.3 Å². The normalized spacial score (nSPS) is 18.6. The molecule has 0 aliphatic heterocycles. The van der Waals surface area contributed by atoms with E-state index in [0.717, 1.165) is 65.9 Å². The number of aliphatic imine (C=N–C) groups is 1. The lowest BCUT2D eigenvalue weighted by molar-refractivity contribution is -0.111. The average molecular weight is 584 g/mol. The second kappa shape index (κ2) is 12.6. The van der Waals surface area contributed by atoms with E-state index < -0.39 is 12.5 Å². The molecule has 1 fully saturated rings. The third-order valence-electron chi connectivity index (χ3n) is 8.45. The number of nitrogens with zero attached hydrogens (tertiary/aromatic N) is 4. The molecule has 0 saturated heterocycles. The first-order chi connectivity index (χ1) is 20.6. The molecule has 0 radical (unpaired) electrons. The van der Waals surface area contributed by atoms with Crippen molar-refractivity contribution in [2.45, 2.75) is 71.8 Å². The molecule has 1 aliphatic carbocycles. The zero-order chi connectivity index (χ0) is 30.7. The van der Waals surface area contributed by atoms with Crippen LogP contribution in [0.3, 0.4) is 0 Å². The van der Waals surface area contributed by atoms with Crippen LogP contribution in [0.5, 0.6) is 0 Å². The first-order valence-electron chi connectivity index (χ1n) is 15.0. The van der Waals surface area contributed by atoms with Crippen molar-refractivity contribution in [2.75, 3.05) is 0 Å². The second-order valence-electron chi connectivity index (χ2n) is 11.9. The zero-order valence-corrected chi connectivity index (χ0v) is 25.2. The number of hydrogen-bond donors (Lipinski definition) is 1. The number of aromatic nitrogens is 3. The van der Waals surface area contributed by atoms with Crippen LogP contribution in [0, 0.1) is 18.8 Å². The van der Waals surface area contributed by atoms with Crippen molar-refractivity contribution in [3.63, 3.8) is 0 Å². The maximum atomic E-state index is 15.0. The van der Waals surface area contributed by atoms with E-state index in [-0.39, 0.29) is 17.4 Å².